The highest BCUT2D eigenvalue weighted by molar-refractivity contribution is 5.75. The Labute approximate surface area is 143 Å². The van der Waals surface area contributed by atoms with E-state index in [2.05, 4.69) is 103 Å². The Morgan fingerprint density at radius 1 is 0.625 bits per heavy atom. The summed E-state index contributed by atoms with van der Waals surface area (Å²) in [6.07, 6.45) is 19.9. The van der Waals surface area contributed by atoms with E-state index in [4.69, 9.17) is 0 Å². The first-order valence-electron chi connectivity index (χ1n) is 8.47. The topological polar surface area (TPSA) is 0 Å². The molecule has 2 aliphatic rings. The molecular formula is C24H20. The van der Waals surface area contributed by atoms with Crippen LogP contribution in [0.4, 0.5) is 0 Å². The molecule has 4 rings (SSSR count). The molecule has 0 radical (unpaired) electrons. The van der Waals surface area contributed by atoms with Crippen LogP contribution in [0.5, 0.6) is 0 Å². The summed E-state index contributed by atoms with van der Waals surface area (Å²) in [5, 5.41) is 0. The van der Waals surface area contributed by atoms with Crippen molar-refractivity contribution in [2.24, 2.45) is 11.8 Å². The highest BCUT2D eigenvalue weighted by Crippen LogP contribution is 2.37. The molecule has 0 fully saturated rings. The van der Waals surface area contributed by atoms with Gasteiger partial charge in [0.1, 0.15) is 0 Å². The van der Waals surface area contributed by atoms with Crippen LogP contribution in [0.15, 0.2) is 97.1 Å². The first-order valence-corrected chi connectivity index (χ1v) is 8.47. The fourth-order valence-electron chi connectivity index (χ4n) is 3.35. The smallest absolute Gasteiger partial charge is 0.0125 e. The van der Waals surface area contributed by atoms with Crippen molar-refractivity contribution in [3.05, 3.63) is 114 Å². The second-order valence-electron chi connectivity index (χ2n) is 6.25. The third-order valence-electron chi connectivity index (χ3n) is 4.66. The van der Waals surface area contributed by atoms with Crippen LogP contribution in [0.3, 0.4) is 0 Å². The molecule has 0 spiro atoms. The summed E-state index contributed by atoms with van der Waals surface area (Å²) < 4.78 is 0. The van der Waals surface area contributed by atoms with Gasteiger partial charge in [0, 0.05) is 11.8 Å². The highest BCUT2D eigenvalue weighted by Gasteiger charge is 2.23. The van der Waals surface area contributed by atoms with Crippen LogP contribution >= 0.6 is 0 Å². The van der Waals surface area contributed by atoms with Gasteiger partial charge in [0.15, 0.2) is 0 Å². The number of hydrogen-bond donors (Lipinski definition) is 0. The standard InChI is InChI=1S/C24H20/c1-2-7-19(8-3-1)13-14-20-15-17-22(18-16-20)24-12-6-10-21-9-4-5-11-23(21)24/h1-18,21,23H. The van der Waals surface area contributed by atoms with E-state index in [1.807, 2.05) is 6.07 Å². The molecule has 0 N–H and O–H groups in total. The SMILES string of the molecule is C1=CC2C=CC=C(c3ccc(C=Cc4ccccc4)cc3)C2C=C1. The molecule has 0 heteroatoms. The fraction of sp³-hybridized carbons (Fsp3) is 0.0833. The van der Waals surface area contributed by atoms with Crippen LogP contribution in [-0.4, -0.2) is 0 Å². The molecule has 0 heterocycles. The van der Waals surface area contributed by atoms with Gasteiger partial charge in [-0.3, -0.25) is 0 Å². The van der Waals surface area contributed by atoms with Crippen LogP contribution in [0, 0.1) is 11.8 Å². The monoisotopic (exact) mass is 308 g/mol. The van der Waals surface area contributed by atoms with E-state index in [0.29, 0.717) is 11.8 Å². The minimum Gasteiger partial charge on any atom is -0.0767 e. The second-order valence-corrected chi connectivity index (χ2v) is 6.25. The number of fused-ring (bicyclic) bond motifs is 1. The number of hydrogen-bond acceptors (Lipinski definition) is 0. The summed E-state index contributed by atoms with van der Waals surface area (Å²) in [7, 11) is 0. The molecule has 2 aromatic rings. The molecule has 2 atom stereocenters. The van der Waals surface area contributed by atoms with Gasteiger partial charge in [-0.15, -0.1) is 0 Å². The molecule has 2 aromatic carbocycles. The quantitative estimate of drug-likeness (QED) is 0.595. The molecule has 0 saturated carbocycles. The number of rotatable bonds is 3. The Morgan fingerprint density at radius 2 is 1.29 bits per heavy atom. The minimum atomic E-state index is 0.464. The van der Waals surface area contributed by atoms with E-state index in [-0.39, 0.29) is 0 Å². The Hall–Kier alpha value is -2.86. The summed E-state index contributed by atoms with van der Waals surface area (Å²) in [5.74, 6) is 0.957. The third-order valence-corrected chi connectivity index (χ3v) is 4.66. The van der Waals surface area contributed by atoms with Crippen molar-refractivity contribution in [2.45, 2.75) is 0 Å². The fourth-order valence-corrected chi connectivity index (χ4v) is 3.35. The molecule has 116 valence electrons. The van der Waals surface area contributed by atoms with Crippen LogP contribution in [-0.2, 0) is 0 Å². The van der Waals surface area contributed by atoms with Gasteiger partial charge < -0.3 is 0 Å². The zero-order chi connectivity index (χ0) is 16.2. The van der Waals surface area contributed by atoms with Crippen LogP contribution in [0.1, 0.15) is 16.7 Å². The lowest BCUT2D eigenvalue weighted by atomic mass is 9.77. The van der Waals surface area contributed by atoms with Gasteiger partial charge in [-0.25, -0.2) is 0 Å². The largest absolute Gasteiger partial charge is 0.0767 e. The molecule has 0 nitrogen and oxygen atoms in total. The average Bonchev–Trinajstić information content (AvgIpc) is 2.67. The lowest BCUT2D eigenvalue weighted by Crippen LogP contribution is -2.14. The maximum absolute atomic E-state index is 2.31. The highest BCUT2D eigenvalue weighted by atomic mass is 14.3. The van der Waals surface area contributed by atoms with Gasteiger partial charge in [0.2, 0.25) is 0 Å². The number of allylic oxidation sites excluding steroid dienone is 8. The van der Waals surface area contributed by atoms with Gasteiger partial charge in [-0.1, -0.05) is 109 Å². The van der Waals surface area contributed by atoms with Gasteiger partial charge in [-0.05, 0) is 22.3 Å². The average molecular weight is 308 g/mol. The Morgan fingerprint density at radius 3 is 2.08 bits per heavy atom. The molecule has 0 amide bonds. The van der Waals surface area contributed by atoms with Crippen molar-refractivity contribution in [3.63, 3.8) is 0 Å². The van der Waals surface area contributed by atoms with E-state index < -0.39 is 0 Å². The predicted octanol–water partition coefficient (Wildman–Crippen LogP) is 6.17. The normalized spacial score (nSPS) is 21.8. The zero-order valence-electron chi connectivity index (χ0n) is 13.5. The van der Waals surface area contributed by atoms with Gasteiger partial charge >= 0.3 is 0 Å². The van der Waals surface area contributed by atoms with E-state index in [1.54, 1.807) is 0 Å². The van der Waals surface area contributed by atoms with E-state index in [9.17, 15) is 0 Å². The summed E-state index contributed by atoms with van der Waals surface area (Å²) in [5.41, 5.74) is 5.17. The maximum atomic E-state index is 2.31. The molecule has 0 bridgehead atoms. The second kappa shape index (κ2) is 6.72. The minimum absolute atomic E-state index is 0.464. The van der Waals surface area contributed by atoms with Crippen molar-refractivity contribution in [1.29, 1.82) is 0 Å². The van der Waals surface area contributed by atoms with Crippen molar-refractivity contribution in [3.8, 4) is 0 Å². The molecule has 0 aliphatic heterocycles. The van der Waals surface area contributed by atoms with Gasteiger partial charge in [0.05, 0.1) is 0 Å². The molecule has 0 aromatic heterocycles. The lowest BCUT2D eigenvalue weighted by molar-refractivity contribution is 0.678. The molecule has 2 unspecified atom stereocenters. The van der Waals surface area contributed by atoms with Gasteiger partial charge in [0.25, 0.3) is 0 Å². The maximum Gasteiger partial charge on any atom is 0.0125 e. The zero-order valence-corrected chi connectivity index (χ0v) is 13.5. The predicted molar refractivity (Wildman–Crippen MR) is 104 cm³/mol. The number of benzene rings is 2. The Balaban J connectivity index is 1.55. The van der Waals surface area contributed by atoms with Crippen LogP contribution in [0.2, 0.25) is 0 Å². The summed E-state index contributed by atoms with van der Waals surface area (Å²) >= 11 is 0. The third kappa shape index (κ3) is 3.09. The van der Waals surface area contributed by atoms with Crippen LogP contribution in [0.25, 0.3) is 17.7 Å². The van der Waals surface area contributed by atoms with Crippen molar-refractivity contribution < 1.29 is 0 Å². The summed E-state index contributed by atoms with van der Waals surface area (Å²) in [6, 6.07) is 19.3. The summed E-state index contributed by atoms with van der Waals surface area (Å²) in [6.45, 7) is 0. The molecule has 2 aliphatic carbocycles. The molecule has 24 heavy (non-hydrogen) atoms. The van der Waals surface area contributed by atoms with Crippen molar-refractivity contribution >= 4 is 17.7 Å². The molecular weight excluding hydrogens is 288 g/mol. The first-order chi connectivity index (χ1) is 11.9. The Bertz CT molecular complexity index is 843. The van der Waals surface area contributed by atoms with Crippen molar-refractivity contribution in [1.82, 2.24) is 0 Å². The summed E-state index contributed by atoms with van der Waals surface area (Å²) in [4.78, 5) is 0. The van der Waals surface area contributed by atoms with Crippen LogP contribution < -0.4 is 0 Å². The lowest BCUT2D eigenvalue weighted by Gasteiger charge is -2.27. The molecule has 0 saturated heterocycles. The van der Waals surface area contributed by atoms with E-state index in [0.717, 1.165) is 0 Å². The van der Waals surface area contributed by atoms with Gasteiger partial charge in [-0.2, -0.15) is 0 Å². The Kier molecular flexibility index (Phi) is 4.12. The first kappa shape index (κ1) is 14.7. The van der Waals surface area contributed by atoms with E-state index in [1.165, 1.54) is 22.3 Å². The van der Waals surface area contributed by atoms with E-state index >= 15 is 0 Å². The van der Waals surface area contributed by atoms with Crippen molar-refractivity contribution in [2.75, 3.05) is 0 Å².